The molecule has 0 spiro atoms. The van der Waals surface area contributed by atoms with E-state index in [0.29, 0.717) is 25.2 Å². The molecule has 1 saturated heterocycles. The van der Waals surface area contributed by atoms with Crippen molar-refractivity contribution in [2.24, 2.45) is 0 Å². The second-order valence-corrected chi connectivity index (χ2v) is 8.30. The highest BCUT2D eigenvalue weighted by molar-refractivity contribution is 7.89. The number of likely N-dealkylation sites (N-methyl/N-ethyl adjacent to an activating group) is 1. The molecule has 1 N–H and O–H groups in total. The molecule has 7 heteroatoms. The van der Waals surface area contributed by atoms with E-state index in [1.54, 1.807) is 23.5 Å². The molecule has 0 radical (unpaired) electrons. The maximum Gasteiger partial charge on any atom is 0.251 e. The van der Waals surface area contributed by atoms with E-state index in [1.165, 1.54) is 12.1 Å². The van der Waals surface area contributed by atoms with Gasteiger partial charge in [0.25, 0.3) is 5.91 Å². The molecule has 1 atom stereocenters. The molecule has 1 aliphatic rings. The zero-order valence-electron chi connectivity index (χ0n) is 14.9. The third-order valence-electron chi connectivity index (χ3n) is 4.67. The van der Waals surface area contributed by atoms with Crippen LogP contribution >= 0.6 is 0 Å². The first-order valence-corrected chi connectivity index (χ1v) is 9.95. The molecule has 138 valence electrons. The number of amides is 1. The van der Waals surface area contributed by atoms with Crippen LogP contribution in [-0.2, 0) is 10.0 Å². The number of piperazine rings is 1. The molecule has 2 aromatic carbocycles. The zero-order valence-corrected chi connectivity index (χ0v) is 15.7. The summed E-state index contributed by atoms with van der Waals surface area (Å²) in [5, 5.41) is 2.53. The largest absolute Gasteiger partial charge is 0.355 e. The molecule has 0 aromatic heterocycles. The molecule has 1 amide bonds. The van der Waals surface area contributed by atoms with Crippen molar-refractivity contribution in [3.8, 4) is 0 Å². The van der Waals surface area contributed by atoms with Gasteiger partial charge in [-0.25, -0.2) is 8.42 Å². The predicted octanol–water partition coefficient (Wildman–Crippen LogP) is 1.72. The number of nitrogens with one attached hydrogen (secondary N) is 1. The van der Waals surface area contributed by atoms with Crippen molar-refractivity contribution in [2.45, 2.75) is 10.9 Å². The molecule has 26 heavy (non-hydrogen) atoms. The lowest BCUT2D eigenvalue weighted by Crippen LogP contribution is -2.49. The number of nitrogens with zero attached hydrogens (tertiary/aromatic N) is 2. The van der Waals surface area contributed by atoms with E-state index in [2.05, 4.69) is 10.2 Å². The predicted molar refractivity (Wildman–Crippen MR) is 100 cm³/mol. The van der Waals surface area contributed by atoms with Gasteiger partial charge in [-0.1, -0.05) is 30.3 Å². The average molecular weight is 373 g/mol. The van der Waals surface area contributed by atoms with Crippen molar-refractivity contribution in [1.82, 2.24) is 14.5 Å². The maximum atomic E-state index is 13.2. The summed E-state index contributed by atoms with van der Waals surface area (Å²) in [5.41, 5.74) is 1.41. The molecule has 1 fully saturated rings. The summed E-state index contributed by atoms with van der Waals surface area (Å²) >= 11 is 0. The van der Waals surface area contributed by atoms with E-state index in [1.807, 2.05) is 37.4 Å². The second kappa shape index (κ2) is 7.57. The third kappa shape index (κ3) is 3.65. The molecule has 0 saturated carbocycles. The summed E-state index contributed by atoms with van der Waals surface area (Å²) in [6.45, 7) is 1.74. The summed E-state index contributed by atoms with van der Waals surface area (Å²) in [6, 6.07) is 15.5. The number of hydrogen-bond acceptors (Lipinski definition) is 4. The first-order valence-electron chi connectivity index (χ1n) is 8.51. The van der Waals surface area contributed by atoms with Crippen LogP contribution in [0.4, 0.5) is 0 Å². The van der Waals surface area contributed by atoms with Gasteiger partial charge >= 0.3 is 0 Å². The number of carbonyl (C=O) groups is 1. The monoisotopic (exact) mass is 373 g/mol. The first-order chi connectivity index (χ1) is 12.4. The van der Waals surface area contributed by atoms with Crippen LogP contribution in [0.15, 0.2) is 59.5 Å². The average Bonchev–Trinajstić information content (AvgIpc) is 2.68. The molecular weight excluding hydrogens is 350 g/mol. The topological polar surface area (TPSA) is 69.7 Å². The Balaban J connectivity index is 1.94. The minimum absolute atomic E-state index is 0.204. The molecule has 1 aliphatic heterocycles. The third-order valence-corrected chi connectivity index (χ3v) is 6.59. The van der Waals surface area contributed by atoms with Gasteiger partial charge in [0.15, 0.2) is 0 Å². The fraction of sp³-hybridized carbons (Fsp3) is 0.316. The molecular formula is C19H23N3O3S. The Kier molecular flexibility index (Phi) is 5.41. The van der Waals surface area contributed by atoms with Gasteiger partial charge in [0, 0.05) is 32.2 Å². The summed E-state index contributed by atoms with van der Waals surface area (Å²) in [4.78, 5) is 14.0. The normalized spacial score (nSPS) is 19.2. The zero-order chi connectivity index (χ0) is 18.7. The van der Waals surface area contributed by atoms with Gasteiger partial charge in [0.2, 0.25) is 10.0 Å². The molecule has 2 aromatic rings. The van der Waals surface area contributed by atoms with Crippen LogP contribution in [-0.4, -0.2) is 57.3 Å². The van der Waals surface area contributed by atoms with E-state index in [-0.39, 0.29) is 16.8 Å². The highest BCUT2D eigenvalue weighted by atomic mass is 32.2. The minimum Gasteiger partial charge on any atom is -0.355 e. The first kappa shape index (κ1) is 18.6. The van der Waals surface area contributed by atoms with Crippen LogP contribution in [0.25, 0.3) is 0 Å². The van der Waals surface area contributed by atoms with Crippen LogP contribution in [0.3, 0.4) is 0 Å². The van der Waals surface area contributed by atoms with Crippen LogP contribution in [0.1, 0.15) is 22.0 Å². The molecule has 0 bridgehead atoms. The van der Waals surface area contributed by atoms with Crippen molar-refractivity contribution in [2.75, 3.05) is 33.7 Å². The van der Waals surface area contributed by atoms with Crippen molar-refractivity contribution in [1.29, 1.82) is 0 Å². The molecule has 0 unspecified atom stereocenters. The van der Waals surface area contributed by atoms with Crippen molar-refractivity contribution in [3.63, 3.8) is 0 Å². The quantitative estimate of drug-likeness (QED) is 0.886. The SMILES string of the molecule is CNC(=O)c1ccc(S(=O)(=O)N2CCN(C)C[C@H]2c2ccccc2)cc1. The Morgan fingerprint density at radius 2 is 1.69 bits per heavy atom. The number of carbonyl (C=O) groups excluding carboxylic acids is 1. The van der Waals surface area contributed by atoms with Gasteiger partial charge in [0.1, 0.15) is 0 Å². The number of rotatable bonds is 4. The van der Waals surface area contributed by atoms with Gasteiger partial charge in [-0.2, -0.15) is 4.31 Å². The van der Waals surface area contributed by atoms with Crippen LogP contribution < -0.4 is 5.32 Å². The Bertz CT molecular complexity index is 867. The van der Waals surface area contributed by atoms with Gasteiger partial charge in [-0.05, 0) is 36.9 Å². The Morgan fingerprint density at radius 1 is 1.04 bits per heavy atom. The van der Waals surface area contributed by atoms with E-state index in [0.717, 1.165) is 5.56 Å². The summed E-state index contributed by atoms with van der Waals surface area (Å²) in [7, 11) is -0.116. The fourth-order valence-electron chi connectivity index (χ4n) is 3.20. The number of hydrogen-bond donors (Lipinski definition) is 1. The van der Waals surface area contributed by atoms with Crippen LogP contribution in [0, 0.1) is 0 Å². The molecule has 3 rings (SSSR count). The van der Waals surface area contributed by atoms with E-state index < -0.39 is 10.0 Å². The fourth-order valence-corrected chi connectivity index (χ4v) is 4.79. The molecule has 0 aliphatic carbocycles. The summed E-state index contributed by atoms with van der Waals surface area (Å²) in [6.07, 6.45) is 0. The van der Waals surface area contributed by atoms with Crippen LogP contribution in [0.5, 0.6) is 0 Å². The van der Waals surface area contributed by atoms with Gasteiger partial charge in [-0.3, -0.25) is 4.79 Å². The van der Waals surface area contributed by atoms with Gasteiger partial charge < -0.3 is 10.2 Å². The lowest BCUT2D eigenvalue weighted by atomic mass is 10.1. The number of sulfonamides is 1. The van der Waals surface area contributed by atoms with Crippen molar-refractivity contribution >= 4 is 15.9 Å². The van der Waals surface area contributed by atoms with Crippen LogP contribution in [0.2, 0.25) is 0 Å². The van der Waals surface area contributed by atoms with E-state index in [4.69, 9.17) is 0 Å². The lowest BCUT2D eigenvalue weighted by molar-refractivity contribution is 0.0963. The second-order valence-electron chi connectivity index (χ2n) is 6.41. The van der Waals surface area contributed by atoms with Gasteiger partial charge in [-0.15, -0.1) is 0 Å². The standard InChI is InChI=1S/C19H23N3O3S/c1-20-19(23)16-8-10-17(11-9-16)26(24,25)22-13-12-21(2)14-18(22)15-6-4-3-5-7-15/h3-11,18H,12-14H2,1-2H3,(H,20,23)/t18-/m0/s1. The highest BCUT2D eigenvalue weighted by Crippen LogP contribution is 2.30. The molecule has 6 nitrogen and oxygen atoms in total. The summed E-state index contributed by atoms with van der Waals surface area (Å²) in [5.74, 6) is -0.240. The Labute approximate surface area is 154 Å². The van der Waals surface area contributed by atoms with E-state index in [9.17, 15) is 13.2 Å². The van der Waals surface area contributed by atoms with Crippen molar-refractivity contribution < 1.29 is 13.2 Å². The lowest BCUT2D eigenvalue weighted by Gasteiger charge is -2.39. The highest BCUT2D eigenvalue weighted by Gasteiger charge is 2.36. The van der Waals surface area contributed by atoms with E-state index >= 15 is 0 Å². The summed E-state index contributed by atoms with van der Waals surface area (Å²) < 4.78 is 28.0. The Morgan fingerprint density at radius 3 is 2.31 bits per heavy atom. The number of benzene rings is 2. The molecule has 1 heterocycles. The maximum absolute atomic E-state index is 13.2. The smallest absolute Gasteiger partial charge is 0.251 e. The van der Waals surface area contributed by atoms with Gasteiger partial charge in [0.05, 0.1) is 10.9 Å². The minimum atomic E-state index is -3.66. The van der Waals surface area contributed by atoms with Crippen molar-refractivity contribution in [3.05, 3.63) is 65.7 Å². The Hall–Kier alpha value is -2.22.